The Morgan fingerprint density at radius 2 is 2.06 bits per heavy atom. The van der Waals surface area contributed by atoms with Crippen molar-refractivity contribution >= 4 is 0 Å². The molecular formula is C10H9F3N2O3. The van der Waals surface area contributed by atoms with Gasteiger partial charge in [0.2, 0.25) is 5.88 Å². The molecule has 0 aliphatic carbocycles. The number of rotatable bonds is 3. The van der Waals surface area contributed by atoms with Crippen molar-refractivity contribution in [1.29, 1.82) is 5.26 Å². The Balaban J connectivity index is 3.24. The number of nitrogens with zero attached hydrogens (tertiary/aromatic N) is 2. The standard InChI is InChI=1S/C10H9F3N2O3/c1-18-9-6(10(11,12)13)2-5(4-15-9)8(17)7(16)3-14/h2,4,7-8,16-17H,1H3. The van der Waals surface area contributed by atoms with Crippen LogP contribution in [0.2, 0.25) is 0 Å². The van der Waals surface area contributed by atoms with E-state index in [-0.39, 0.29) is 5.56 Å². The zero-order valence-electron chi connectivity index (χ0n) is 9.14. The van der Waals surface area contributed by atoms with Gasteiger partial charge in [0.1, 0.15) is 11.7 Å². The van der Waals surface area contributed by atoms with E-state index in [1.165, 1.54) is 6.07 Å². The Bertz CT molecular complexity index is 470. The van der Waals surface area contributed by atoms with Crippen molar-refractivity contribution in [3.05, 3.63) is 23.4 Å². The third-order valence-corrected chi connectivity index (χ3v) is 2.14. The van der Waals surface area contributed by atoms with E-state index in [1.807, 2.05) is 0 Å². The van der Waals surface area contributed by atoms with Gasteiger partial charge in [0.15, 0.2) is 6.10 Å². The van der Waals surface area contributed by atoms with Crippen LogP contribution < -0.4 is 4.74 Å². The molecule has 8 heteroatoms. The maximum absolute atomic E-state index is 12.6. The van der Waals surface area contributed by atoms with E-state index >= 15 is 0 Å². The summed E-state index contributed by atoms with van der Waals surface area (Å²) in [4.78, 5) is 3.38. The largest absolute Gasteiger partial charge is 0.481 e. The minimum atomic E-state index is -4.72. The van der Waals surface area contributed by atoms with E-state index < -0.39 is 29.8 Å². The van der Waals surface area contributed by atoms with E-state index in [4.69, 9.17) is 10.4 Å². The van der Waals surface area contributed by atoms with Crippen LogP contribution >= 0.6 is 0 Å². The molecule has 1 rings (SSSR count). The van der Waals surface area contributed by atoms with Gasteiger partial charge in [0.05, 0.1) is 13.2 Å². The number of aliphatic hydroxyl groups excluding tert-OH is 2. The maximum Gasteiger partial charge on any atom is 0.421 e. The fourth-order valence-corrected chi connectivity index (χ4v) is 1.25. The second kappa shape index (κ2) is 5.20. The van der Waals surface area contributed by atoms with Crippen molar-refractivity contribution in [3.63, 3.8) is 0 Å². The number of aromatic nitrogens is 1. The van der Waals surface area contributed by atoms with Gasteiger partial charge in [-0.1, -0.05) is 0 Å². The quantitative estimate of drug-likeness (QED) is 0.794. The van der Waals surface area contributed by atoms with Crippen LogP contribution in [-0.2, 0) is 6.18 Å². The molecule has 2 unspecified atom stereocenters. The lowest BCUT2D eigenvalue weighted by Crippen LogP contribution is -2.18. The summed E-state index contributed by atoms with van der Waals surface area (Å²) in [5.74, 6) is -0.648. The van der Waals surface area contributed by atoms with Gasteiger partial charge in [0.25, 0.3) is 0 Å². The molecule has 98 valence electrons. The predicted molar refractivity (Wildman–Crippen MR) is 52.4 cm³/mol. The molecule has 0 saturated heterocycles. The number of hydrogen-bond acceptors (Lipinski definition) is 5. The molecule has 0 saturated carbocycles. The highest BCUT2D eigenvalue weighted by Gasteiger charge is 2.36. The first-order chi connectivity index (χ1) is 8.31. The molecule has 0 fully saturated rings. The number of aliphatic hydroxyl groups is 2. The lowest BCUT2D eigenvalue weighted by Gasteiger charge is -2.16. The van der Waals surface area contributed by atoms with Gasteiger partial charge in [-0.05, 0) is 6.07 Å². The van der Waals surface area contributed by atoms with Crippen LogP contribution in [0.15, 0.2) is 12.3 Å². The first-order valence-electron chi connectivity index (χ1n) is 4.68. The fraction of sp³-hybridized carbons (Fsp3) is 0.400. The van der Waals surface area contributed by atoms with Crippen molar-refractivity contribution in [3.8, 4) is 11.9 Å². The average Bonchev–Trinajstić information content (AvgIpc) is 2.35. The van der Waals surface area contributed by atoms with Gasteiger partial charge in [-0.25, -0.2) is 4.98 Å². The first kappa shape index (κ1) is 14.2. The molecule has 2 N–H and O–H groups in total. The van der Waals surface area contributed by atoms with Gasteiger partial charge in [-0.2, -0.15) is 18.4 Å². The van der Waals surface area contributed by atoms with E-state index in [1.54, 1.807) is 0 Å². The molecule has 18 heavy (non-hydrogen) atoms. The normalized spacial score (nSPS) is 14.7. The molecule has 5 nitrogen and oxygen atoms in total. The summed E-state index contributed by atoms with van der Waals surface area (Å²) in [6.45, 7) is 0. The lowest BCUT2D eigenvalue weighted by molar-refractivity contribution is -0.139. The Morgan fingerprint density at radius 1 is 1.44 bits per heavy atom. The average molecular weight is 262 g/mol. The van der Waals surface area contributed by atoms with Crippen LogP contribution in [0.25, 0.3) is 0 Å². The van der Waals surface area contributed by atoms with Crippen molar-refractivity contribution < 1.29 is 28.1 Å². The Hall–Kier alpha value is -1.85. The molecule has 0 radical (unpaired) electrons. The lowest BCUT2D eigenvalue weighted by atomic mass is 10.1. The number of hydrogen-bond donors (Lipinski definition) is 2. The molecule has 1 aromatic rings. The molecular weight excluding hydrogens is 253 g/mol. The molecule has 1 aromatic heterocycles. The number of methoxy groups -OCH3 is 1. The van der Waals surface area contributed by atoms with Crippen LogP contribution in [0.3, 0.4) is 0 Å². The zero-order chi connectivity index (χ0) is 13.9. The summed E-state index contributed by atoms with van der Waals surface area (Å²) in [6, 6.07) is 1.90. The van der Waals surface area contributed by atoms with Crippen LogP contribution in [-0.4, -0.2) is 28.4 Å². The highest BCUT2D eigenvalue weighted by molar-refractivity contribution is 5.34. The zero-order valence-corrected chi connectivity index (χ0v) is 9.14. The highest BCUT2D eigenvalue weighted by Crippen LogP contribution is 2.36. The summed E-state index contributed by atoms with van der Waals surface area (Å²) in [6.07, 6.45) is -7.42. The topological polar surface area (TPSA) is 86.4 Å². The van der Waals surface area contributed by atoms with Crippen molar-refractivity contribution in [2.45, 2.75) is 18.4 Å². The number of alkyl halides is 3. The van der Waals surface area contributed by atoms with E-state index in [0.717, 1.165) is 13.3 Å². The molecule has 0 spiro atoms. The predicted octanol–water partition coefficient (Wildman–Crippen LogP) is 1.03. The molecule has 1 heterocycles. The van der Waals surface area contributed by atoms with E-state index in [0.29, 0.717) is 6.07 Å². The third-order valence-electron chi connectivity index (χ3n) is 2.14. The molecule has 0 aromatic carbocycles. The van der Waals surface area contributed by atoms with E-state index in [9.17, 15) is 18.3 Å². The Morgan fingerprint density at radius 3 is 2.50 bits per heavy atom. The van der Waals surface area contributed by atoms with Crippen LogP contribution in [0.4, 0.5) is 13.2 Å². The Labute approximate surface area is 100 Å². The second-order valence-electron chi connectivity index (χ2n) is 3.34. The fourth-order valence-electron chi connectivity index (χ4n) is 1.25. The maximum atomic E-state index is 12.6. The summed E-state index contributed by atoms with van der Waals surface area (Å²) >= 11 is 0. The molecule has 2 atom stereocenters. The number of ether oxygens (including phenoxy) is 1. The van der Waals surface area contributed by atoms with Crippen LogP contribution in [0.5, 0.6) is 5.88 Å². The van der Waals surface area contributed by atoms with Crippen LogP contribution in [0.1, 0.15) is 17.2 Å². The Kier molecular flexibility index (Phi) is 4.11. The number of halogens is 3. The third kappa shape index (κ3) is 2.88. The molecule has 0 aliphatic heterocycles. The van der Waals surface area contributed by atoms with Gasteiger partial charge >= 0.3 is 6.18 Å². The summed E-state index contributed by atoms with van der Waals surface area (Å²) in [5, 5.41) is 26.8. The second-order valence-corrected chi connectivity index (χ2v) is 3.34. The van der Waals surface area contributed by atoms with Crippen LogP contribution in [0, 0.1) is 11.3 Å². The van der Waals surface area contributed by atoms with Crippen molar-refractivity contribution in [2.24, 2.45) is 0 Å². The molecule has 0 bridgehead atoms. The molecule has 0 amide bonds. The van der Waals surface area contributed by atoms with Gasteiger partial charge < -0.3 is 14.9 Å². The van der Waals surface area contributed by atoms with E-state index in [2.05, 4.69) is 9.72 Å². The number of nitriles is 1. The minimum absolute atomic E-state index is 0.322. The minimum Gasteiger partial charge on any atom is -0.481 e. The van der Waals surface area contributed by atoms with Gasteiger partial charge in [-0.15, -0.1) is 0 Å². The number of pyridine rings is 1. The smallest absolute Gasteiger partial charge is 0.421 e. The summed E-state index contributed by atoms with van der Waals surface area (Å²) < 4.78 is 42.4. The first-order valence-corrected chi connectivity index (χ1v) is 4.68. The monoisotopic (exact) mass is 262 g/mol. The summed E-state index contributed by atoms with van der Waals surface area (Å²) in [7, 11) is 1.03. The van der Waals surface area contributed by atoms with Gasteiger partial charge in [-0.3, -0.25) is 0 Å². The van der Waals surface area contributed by atoms with Gasteiger partial charge in [0, 0.05) is 11.8 Å². The SMILES string of the molecule is COc1ncc(C(O)C(O)C#N)cc1C(F)(F)F. The highest BCUT2D eigenvalue weighted by atomic mass is 19.4. The van der Waals surface area contributed by atoms with Crippen molar-refractivity contribution in [2.75, 3.05) is 7.11 Å². The molecule has 0 aliphatic rings. The van der Waals surface area contributed by atoms with Crippen molar-refractivity contribution in [1.82, 2.24) is 4.98 Å². The summed E-state index contributed by atoms with van der Waals surface area (Å²) in [5.41, 5.74) is -1.51.